The third-order valence-electron chi connectivity index (χ3n) is 5.82. The van der Waals surface area contributed by atoms with E-state index in [1.807, 2.05) is 73.0 Å². The molecule has 1 N–H and O–H groups in total. The molecule has 1 heterocycles. The second kappa shape index (κ2) is 11.6. The summed E-state index contributed by atoms with van der Waals surface area (Å²) in [7, 11) is 0. The van der Waals surface area contributed by atoms with Gasteiger partial charge in [0, 0.05) is 23.4 Å². The minimum absolute atomic E-state index is 0.0120. The molecule has 0 spiro atoms. The van der Waals surface area contributed by atoms with Crippen molar-refractivity contribution in [1.82, 2.24) is 20.1 Å². The molecule has 0 aliphatic carbocycles. The molecule has 0 fully saturated rings. The fraction of sp³-hybridized carbons (Fsp3) is 0.222. The summed E-state index contributed by atoms with van der Waals surface area (Å²) in [5.74, 6) is 0.975. The lowest BCUT2D eigenvalue weighted by atomic mass is 10.1. The first-order valence-corrected chi connectivity index (χ1v) is 12.7. The van der Waals surface area contributed by atoms with Crippen LogP contribution in [0, 0.1) is 10.1 Å². The lowest BCUT2D eigenvalue weighted by Crippen LogP contribution is -2.31. The van der Waals surface area contributed by atoms with Gasteiger partial charge in [0.2, 0.25) is 0 Å². The first-order chi connectivity index (χ1) is 17.5. The van der Waals surface area contributed by atoms with Gasteiger partial charge in [0.15, 0.2) is 11.0 Å². The molecule has 0 radical (unpaired) electrons. The fourth-order valence-corrected chi connectivity index (χ4v) is 4.53. The van der Waals surface area contributed by atoms with Crippen LogP contribution in [0.5, 0.6) is 0 Å². The molecule has 1 aromatic heterocycles. The molecule has 184 valence electrons. The Hall–Kier alpha value is -3.98. The van der Waals surface area contributed by atoms with Crippen LogP contribution in [0.1, 0.15) is 41.8 Å². The van der Waals surface area contributed by atoms with Crippen LogP contribution in [0.15, 0.2) is 84.0 Å². The van der Waals surface area contributed by atoms with E-state index in [1.165, 1.54) is 17.8 Å². The van der Waals surface area contributed by atoms with Gasteiger partial charge in [-0.3, -0.25) is 19.5 Å². The van der Waals surface area contributed by atoms with Crippen LogP contribution in [-0.4, -0.2) is 31.6 Å². The number of nitrogens with one attached hydrogen (secondary N) is 1. The zero-order valence-electron chi connectivity index (χ0n) is 20.1. The summed E-state index contributed by atoms with van der Waals surface area (Å²) in [6.45, 7) is 4.49. The molecule has 0 bridgehead atoms. The highest BCUT2D eigenvalue weighted by molar-refractivity contribution is 7.98. The summed E-state index contributed by atoms with van der Waals surface area (Å²) in [6.07, 6.45) is 0.873. The summed E-state index contributed by atoms with van der Waals surface area (Å²) >= 11 is 1.50. The zero-order valence-corrected chi connectivity index (χ0v) is 20.9. The molecule has 0 saturated carbocycles. The van der Waals surface area contributed by atoms with Crippen LogP contribution >= 0.6 is 11.8 Å². The summed E-state index contributed by atoms with van der Waals surface area (Å²) in [5.41, 5.74) is 3.10. The minimum Gasteiger partial charge on any atom is -0.350 e. The molecule has 4 rings (SSSR count). The number of rotatable bonds is 10. The van der Waals surface area contributed by atoms with Crippen molar-refractivity contribution in [2.24, 2.45) is 0 Å². The number of aromatic nitrogens is 3. The normalized spacial score (nSPS) is 11.7. The Morgan fingerprint density at radius 1 is 1.00 bits per heavy atom. The maximum atomic E-state index is 12.3. The Balaban J connectivity index is 1.58. The average molecular weight is 502 g/mol. The highest BCUT2D eigenvalue weighted by Gasteiger charge is 2.22. The quantitative estimate of drug-likeness (QED) is 0.169. The molecule has 3 aromatic carbocycles. The Morgan fingerprint density at radius 3 is 2.39 bits per heavy atom. The molecule has 1 atom stereocenters. The van der Waals surface area contributed by atoms with Gasteiger partial charge in [0.25, 0.3) is 11.6 Å². The van der Waals surface area contributed by atoms with Crippen molar-refractivity contribution in [2.45, 2.75) is 43.8 Å². The smallest absolute Gasteiger partial charge is 0.280 e. The van der Waals surface area contributed by atoms with Gasteiger partial charge in [-0.25, -0.2) is 0 Å². The van der Waals surface area contributed by atoms with Crippen molar-refractivity contribution in [2.75, 3.05) is 0 Å². The number of benzene rings is 3. The van der Waals surface area contributed by atoms with E-state index in [0.717, 1.165) is 17.5 Å². The second-order valence-electron chi connectivity index (χ2n) is 8.42. The Bertz CT molecular complexity index is 1340. The lowest BCUT2D eigenvalue weighted by Gasteiger charge is -2.12. The van der Waals surface area contributed by atoms with E-state index >= 15 is 0 Å². The molecule has 0 saturated heterocycles. The molecule has 1 unspecified atom stereocenters. The number of nitrogens with zero attached hydrogens (tertiary/aromatic N) is 4. The summed E-state index contributed by atoms with van der Waals surface area (Å²) in [5, 5.41) is 24.0. The van der Waals surface area contributed by atoms with E-state index in [1.54, 1.807) is 18.2 Å². The highest BCUT2D eigenvalue weighted by atomic mass is 32.2. The van der Waals surface area contributed by atoms with Crippen LogP contribution < -0.4 is 5.32 Å². The van der Waals surface area contributed by atoms with E-state index < -0.39 is 4.92 Å². The molecule has 1 amide bonds. The number of nitro benzene ring substituents is 1. The highest BCUT2D eigenvalue weighted by Crippen LogP contribution is 2.32. The Labute approximate surface area is 213 Å². The van der Waals surface area contributed by atoms with E-state index in [4.69, 9.17) is 0 Å². The summed E-state index contributed by atoms with van der Waals surface area (Å²) in [4.78, 5) is 23.6. The van der Waals surface area contributed by atoms with Gasteiger partial charge in [-0.1, -0.05) is 73.3 Å². The standard InChI is InChI=1S/C27H27N5O3S/c1-3-19(2)28-26(33)22-15-13-21(14-16-22)18-36-27-30-29-25(23-11-7-8-12-24(23)32(34)35)31(27)17-20-9-5-4-6-10-20/h4-16,19H,3,17-18H2,1-2H3,(H,28,33). The van der Waals surface area contributed by atoms with Crippen molar-refractivity contribution in [3.63, 3.8) is 0 Å². The number of thioether (sulfide) groups is 1. The third kappa shape index (κ3) is 5.98. The number of carbonyl (C=O) groups excluding carboxylic acids is 1. The Kier molecular flexibility index (Phi) is 8.12. The van der Waals surface area contributed by atoms with Crippen molar-refractivity contribution in [3.05, 3.63) is 106 Å². The monoisotopic (exact) mass is 501 g/mol. The van der Waals surface area contributed by atoms with Gasteiger partial charge >= 0.3 is 0 Å². The number of hydrogen-bond acceptors (Lipinski definition) is 6. The van der Waals surface area contributed by atoms with Gasteiger partial charge in [-0.05, 0) is 42.7 Å². The number of para-hydroxylation sites is 1. The predicted molar refractivity (Wildman–Crippen MR) is 141 cm³/mol. The minimum atomic E-state index is -0.400. The second-order valence-corrected chi connectivity index (χ2v) is 9.36. The van der Waals surface area contributed by atoms with E-state index in [9.17, 15) is 14.9 Å². The van der Waals surface area contributed by atoms with Crippen LogP contribution in [0.2, 0.25) is 0 Å². The van der Waals surface area contributed by atoms with E-state index in [0.29, 0.717) is 34.4 Å². The van der Waals surface area contributed by atoms with Crippen LogP contribution in [0.4, 0.5) is 5.69 Å². The van der Waals surface area contributed by atoms with E-state index in [-0.39, 0.29) is 17.6 Å². The molecular formula is C27H27N5O3S. The molecule has 9 heteroatoms. The molecule has 8 nitrogen and oxygen atoms in total. The number of hydrogen-bond donors (Lipinski definition) is 1. The summed E-state index contributed by atoms with van der Waals surface area (Å²) in [6, 6.07) is 24.1. The lowest BCUT2D eigenvalue weighted by molar-refractivity contribution is -0.384. The first-order valence-electron chi connectivity index (χ1n) is 11.7. The van der Waals surface area contributed by atoms with Gasteiger partial charge in [-0.2, -0.15) is 0 Å². The van der Waals surface area contributed by atoms with Crippen molar-refractivity contribution >= 4 is 23.4 Å². The Morgan fingerprint density at radius 2 is 1.69 bits per heavy atom. The van der Waals surface area contributed by atoms with Crippen molar-refractivity contribution in [3.8, 4) is 11.4 Å². The van der Waals surface area contributed by atoms with Crippen molar-refractivity contribution in [1.29, 1.82) is 0 Å². The maximum Gasteiger partial charge on any atom is 0.280 e. The number of nitro groups is 1. The van der Waals surface area contributed by atoms with Gasteiger partial charge < -0.3 is 5.32 Å². The molecular weight excluding hydrogens is 474 g/mol. The van der Waals surface area contributed by atoms with Crippen LogP contribution in [0.25, 0.3) is 11.4 Å². The van der Waals surface area contributed by atoms with Crippen LogP contribution in [-0.2, 0) is 12.3 Å². The van der Waals surface area contributed by atoms with Gasteiger partial charge in [0.05, 0.1) is 17.0 Å². The fourth-order valence-electron chi connectivity index (χ4n) is 3.63. The largest absolute Gasteiger partial charge is 0.350 e. The van der Waals surface area contributed by atoms with Crippen LogP contribution in [0.3, 0.4) is 0 Å². The van der Waals surface area contributed by atoms with Crippen molar-refractivity contribution < 1.29 is 9.72 Å². The predicted octanol–water partition coefficient (Wildman–Crippen LogP) is 5.72. The molecule has 4 aromatic rings. The maximum absolute atomic E-state index is 12.3. The molecule has 0 aliphatic rings. The first kappa shape index (κ1) is 25.1. The third-order valence-corrected chi connectivity index (χ3v) is 6.85. The molecule has 0 aliphatic heterocycles. The summed E-state index contributed by atoms with van der Waals surface area (Å²) < 4.78 is 1.91. The average Bonchev–Trinajstić information content (AvgIpc) is 3.30. The SMILES string of the molecule is CCC(C)NC(=O)c1ccc(CSc2nnc(-c3ccccc3[N+](=O)[O-])n2Cc2ccccc2)cc1. The topological polar surface area (TPSA) is 103 Å². The van der Waals surface area contributed by atoms with E-state index in [2.05, 4.69) is 15.5 Å². The van der Waals surface area contributed by atoms with Gasteiger partial charge in [-0.15, -0.1) is 10.2 Å². The number of carbonyl (C=O) groups is 1. The zero-order chi connectivity index (χ0) is 25.5. The number of amides is 1. The molecule has 36 heavy (non-hydrogen) atoms. The van der Waals surface area contributed by atoms with Gasteiger partial charge in [0.1, 0.15) is 0 Å².